The number of nitrogens with zero attached hydrogens (tertiary/aromatic N) is 5. The number of anilines is 4. The van der Waals surface area contributed by atoms with Gasteiger partial charge in [-0.25, -0.2) is 4.98 Å². The molecule has 0 saturated carbocycles. The fraction of sp³-hybridized carbons (Fsp3) is 0. The molecule has 0 unspecified atom stereocenters. The molecule has 1 aliphatic rings. The normalized spacial score (nSPS) is 12.2. The summed E-state index contributed by atoms with van der Waals surface area (Å²) in [5, 5.41) is 4.45. The van der Waals surface area contributed by atoms with Crippen LogP contribution in [0.5, 0.6) is 11.5 Å². The SMILES string of the molecule is [Pd].[c-]1c(Oc2[c-]c3c(cc2)c2ccncc2n3-c2ccccn2)cccc1N1[CH-]N(c2c(-c3ccccc3)cccc2-c2ccccc2)c2c1ccc1ccccc21. The zero-order valence-electron chi connectivity index (χ0n) is 30.9. The van der Waals surface area contributed by atoms with Crippen LogP contribution in [0.3, 0.4) is 0 Å². The zero-order chi connectivity index (χ0) is 37.7. The molecule has 58 heavy (non-hydrogen) atoms. The maximum absolute atomic E-state index is 6.58. The van der Waals surface area contributed by atoms with Crippen molar-refractivity contribution in [3.63, 3.8) is 0 Å². The van der Waals surface area contributed by atoms with E-state index < -0.39 is 0 Å². The Balaban J connectivity index is 0.00000408. The van der Waals surface area contributed by atoms with Crippen LogP contribution in [-0.2, 0) is 20.4 Å². The minimum atomic E-state index is 0. The molecule has 10 aromatic rings. The number of hydrogen-bond acceptors (Lipinski definition) is 5. The second-order valence-electron chi connectivity index (χ2n) is 13.9. The maximum Gasteiger partial charge on any atom is 0.135 e. The molecule has 3 aromatic heterocycles. The molecule has 7 heteroatoms. The number of para-hydroxylation sites is 1. The Kier molecular flexibility index (Phi) is 9.03. The molecule has 0 aliphatic carbocycles. The molecule has 0 radical (unpaired) electrons. The average Bonchev–Trinajstić information content (AvgIpc) is 3.83. The molecule has 7 aromatic carbocycles. The molecule has 11 rings (SSSR count). The molecule has 0 saturated heterocycles. The van der Waals surface area contributed by atoms with Crippen LogP contribution in [0, 0.1) is 18.8 Å². The van der Waals surface area contributed by atoms with Gasteiger partial charge in [-0.1, -0.05) is 121 Å². The smallest absolute Gasteiger partial charge is 0.135 e. The Morgan fingerprint density at radius 2 is 1.24 bits per heavy atom. The first-order valence-electron chi connectivity index (χ1n) is 18.9. The van der Waals surface area contributed by atoms with Gasteiger partial charge < -0.3 is 19.1 Å². The molecule has 0 amide bonds. The van der Waals surface area contributed by atoms with Crippen molar-refractivity contribution in [2.75, 3.05) is 9.80 Å². The molecule has 1 aliphatic heterocycles. The van der Waals surface area contributed by atoms with Crippen molar-refractivity contribution in [3.8, 4) is 39.6 Å². The largest absolute Gasteiger partial charge is 0.509 e. The van der Waals surface area contributed by atoms with Crippen molar-refractivity contribution in [1.29, 1.82) is 0 Å². The van der Waals surface area contributed by atoms with Gasteiger partial charge in [-0.3, -0.25) is 4.98 Å². The number of rotatable bonds is 7. The third kappa shape index (κ3) is 6.00. The summed E-state index contributed by atoms with van der Waals surface area (Å²) in [6.45, 7) is 2.19. The summed E-state index contributed by atoms with van der Waals surface area (Å²) in [4.78, 5) is 13.6. The first kappa shape index (κ1) is 35.4. The Labute approximate surface area is 349 Å². The van der Waals surface area contributed by atoms with E-state index in [1.165, 1.54) is 5.39 Å². The van der Waals surface area contributed by atoms with Gasteiger partial charge in [-0.05, 0) is 46.2 Å². The average molecular weight is 837 g/mol. The molecule has 0 bridgehead atoms. The van der Waals surface area contributed by atoms with Gasteiger partial charge >= 0.3 is 0 Å². The Hall–Kier alpha value is -7.04. The van der Waals surface area contributed by atoms with Gasteiger partial charge in [-0.15, -0.1) is 48.1 Å². The fourth-order valence-electron chi connectivity index (χ4n) is 8.10. The third-order valence-electron chi connectivity index (χ3n) is 10.6. The monoisotopic (exact) mass is 836 g/mol. The number of hydrogen-bond donors (Lipinski definition) is 0. The van der Waals surface area contributed by atoms with Gasteiger partial charge in [0.2, 0.25) is 0 Å². The number of ether oxygens (including phenoxy) is 1. The van der Waals surface area contributed by atoms with E-state index in [9.17, 15) is 0 Å². The van der Waals surface area contributed by atoms with Crippen LogP contribution in [0.4, 0.5) is 22.7 Å². The van der Waals surface area contributed by atoms with E-state index in [0.29, 0.717) is 11.5 Å². The van der Waals surface area contributed by atoms with Crippen molar-refractivity contribution in [2.24, 2.45) is 0 Å². The van der Waals surface area contributed by atoms with Gasteiger partial charge in [-0.2, -0.15) is 12.1 Å². The second kappa shape index (κ2) is 14.8. The first-order valence-corrected chi connectivity index (χ1v) is 18.9. The van der Waals surface area contributed by atoms with Crippen molar-refractivity contribution in [1.82, 2.24) is 14.5 Å². The zero-order valence-corrected chi connectivity index (χ0v) is 32.5. The van der Waals surface area contributed by atoms with Crippen molar-refractivity contribution < 1.29 is 25.2 Å². The summed E-state index contributed by atoms with van der Waals surface area (Å²) in [6, 6.07) is 66.0. The second-order valence-corrected chi connectivity index (χ2v) is 13.9. The molecule has 0 atom stereocenters. The van der Waals surface area contributed by atoms with Crippen LogP contribution in [0.25, 0.3) is 60.6 Å². The quantitative estimate of drug-likeness (QED) is 0.118. The van der Waals surface area contributed by atoms with Crippen LogP contribution in [0.15, 0.2) is 188 Å². The van der Waals surface area contributed by atoms with Crippen molar-refractivity contribution >= 4 is 55.3 Å². The minimum Gasteiger partial charge on any atom is -0.509 e. The van der Waals surface area contributed by atoms with Gasteiger partial charge in [0.15, 0.2) is 0 Å². The molecular weight excluding hydrogens is 805 g/mol. The number of pyridine rings is 2. The van der Waals surface area contributed by atoms with E-state index in [1.807, 2.05) is 54.9 Å². The number of fused-ring (bicyclic) bond motifs is 6. The van der Waals surface area contributed by atoms with E-state index in [1.54, 1.807) is 6.20 Å². The van der Waals surface area contributed by atoms with Gasteiger partial charge in [0.1, 0.15) is 5.82 Å². The standard InChI is InChI=1S/C51H32N5O.Pd/c1-3-13-35(14-4-1)41-21-12-22-42(36-15-5-2-6-16-36)50(41)55-34-54(46-27-24-37-17-7-8-20-43(37)51(46)55)38-18-11-19-39(31-38)57-40-25-26-44-45-28-30-52-33-48(45)56(47(44)32-40)49-23-9-10-29-53-49;/h1-30,33-34H;/q-3;. The minimum absolute atomic E-state index is 0. The summed E-state index contributed by atoms with van der Waals surface area (Å²) in [5.41, 5.74) is 10.5. The molecule has 0 N–H and O–H groups in total. The van der Waals surface area contributed by atoms with Crippen LogP contribution in [0.2, 0.25) is 0 Å². The van der Waals surface area contributed by atoms with Crippen LogP contribution in [-0.4, -0.2) is 14.5 Å². The molecule has 4 heterocycles. The summed E-state index contributed by atoms with van der Waals surface area (Å²) in [5.74, 6) is 1.94. The van der Waals surface area contributed by atoms with Crippen molar-refractivity contribution in [3.05, 3.63) is 207 Å². The first-order chi connectivity index (χ1) is 28.3. The van der Waals surface area contributed by atoms with Gasteiger partial charge in [0, 0.05) is 77.9 Å². The molecule has 6 nitrogen and oxygen atoms in total. The van der Waals surface area contributed by atoms with E-state index in [4.69, 9.17) is 4.74 Å². The summed E-state index contributed by atoms with van der Waals surface area (Å²) in [6.07, 6.45) is 5.48. The van der Waals surface area contributed by atoms with E-state index in [0.717, 1.165) is 78.0 Å². The van der Waals surface area contributed by atoms with Gasteiger partial charge in [0.25, 0.3) is 0 Å². The predicted molar refractivity (Wildman–Crippen MR) is 230 cm³/mol. The molecule has 280 valence electrons. The van der Waals surface area contributed by atoms with E-state index in [2.05, 4.69) is 171 Å². The number of aromatic nitrogens is 3. The summed E-state index contributed by atoms with van der Waals surface area (Å²) in [7, 11) is 0. The Morgan fingerprint density at radius 1 is 0.517 bits per heavy atom. The molecular formula is C51H32N5OPd-3. The third-order valence-corrected chi connectivity index (χ3v) is 10.6. The van der Waals surface area contributed by atoms with Gasteiger partial charge in [0.05, 0.1) is 11.7 Å². The van der Waals surface area contributed by atoms with Crippen LogP contribution in [0.1, 0.15) is 0 Å². The fourth-order valence-corrected chi connectivity index (χ4v) is 8.10. The topological polar surface area (TPSA) is 46.4 Å². The van der Waals surface area contributed by atoms with E-state index in [-0.39, 0.29) is 20.4 Å². The predicted octanol–water partition coefficient (Wildman–Crippen LogP) is 12.9. The Bertz CT molecular complexity index is 3040. The number of benzene rings is 7. The molecule has 0 fully saturated rings. The van der Waals surface area contributed by atoms with Crippen molar-refractivity contribution in [2.45, 2.75) is 0 Å². The summed E-state index contributed by atoms with van der Waals surface area (Å²) < 4.78 is 8.66. The summed E-state index contributed by atoms with van der Waals surface area (Å²) >= 11 is 0. The molecule has 0 spiro atoms. The maximum atomic E-state index is 6.58. The van der Waals surface area contributed by atoms with Crippen LogP contribution >= 0.6 is 0 Å². The van der Waals surface area contributed by atoms with Crippen LogP contribution < -0.4 is 14.5 Å². The Morgan fingerprint density at radius 3 is 2.02 bits per heavy atom. The van der Waals surface area contributed by atoms with E-state index >= 15 is 0 Å².